The molecule has 0 spiro atoms. The van der Waals surface area contributed by atoms with Gasteiger partial charge in [0, 0.05) is 29.6 Å². The average Bonchev–Trinajstić information content (AvgIpc) is 3.10. The van der Waals surface area contributed by atoms with Crippen LogP contribution in [-0.2, 0) is 14.8 Å². The van der Waals surface area contributed by atoms with Crippen molar-refractivity contribution in [3.05, 3.63) is 66.7 Å². The van der Waals surface area contributed by atoms with Gasteiger partial charge in [0.15, 0.2) is 6.10 Å². The lowest BCUT2D eigenvalue weighted by molar-refractivity contribution is -0.122. The summed E-state index contributed by atoms with van der Waals surface area (Å²) in [5, 5.41) is 4.84. The minimum Gasteiger partial charge on any atom is -0.481 e. The Kier molecular flexibility index (Phi) is 5.32. The molecule has 0 unspecified atom stereocenters. The Morgan fingerprint density at radius 3 is 2.39 bits per heavy atom. The topological polar surface area (TPSA) is 88.8 Å². The minimum absolute atomic E-state index is 0.312. The monoisotopic (exact) mass is 438 g/mol. The van der Waals surface area contributed by atoms with Crippen molar-refractivity contribution in [1.82, 2.24) is 0 Å². The molecule has 0 radical (unpaired) electrons. The van der Waals surface area contributed by atoms with E-state index < -0.39 is 16.1 Å². The van der Waals surface area contributed by atoms with Crippen LogP contribution in [0.25, 0.3) is 21.9 Å². The molecule has 0 aliphatic carbocycles. The zero-order valence-corrected chi connectivity index (χ0v) is 18.1. The van der Waals surface area contributed by atoms with Crippen LogP contribution in [0.5, 0.6) is 5.75 Å². The summed E-state index contributed by atoms with van der Waals surface area (Å²) in [4.78, 5) is 12.6. The van der Waals surface area contributed by atoms with Crippen molar-refractivity contribution in [3.8, 4) is 5.75 Å². The van der Waals surface area contributed by atoms with Gasteiger partial charge in [-0.15, -0.1) is 0 Å². The zero-order chi connectivity index (χ0) is 22.2. The third-order valence-corrected chi connectivity index (χ3v) is 6.23. The largest absolute Gasteiger partial charge is 0.481 e. The summed E-state index contributed by atoms with van der Waals surface area (Å²) in [7, 11) is -1.87. The number of rotatable bonds is 6. The maximum absolute atomic E-state index is 12.6. The third-order valence-electron chi connectivity index (χ3n) is 5.03. The number of ether oxygens (including phenoxy) is 1. The molecule has 0 aliphatic rings. The van der Waals surface area contributed by atoms with E-state index in [1.807, 2.05) is 36.4 Å². The van der Waals surface area contributed by atoms with Gasteiger partial charge in [-0.3, -0.25) is 9.10 Å². The fourth-order valence-electron chi connectivity index (χ4n) is 3.23. The number of hydrogen-bond donors (Lipinski definition) is 1. The van der Waals surface area contributed by atoms with Crippen LogP contribution >= 0.6 is 0 Å². The van der Waals surface area contributed by atoms with Crippen molar-refractivity contribution in [2.24, 2.45) is 0 Å². The van der Waals surface area contributed by atoms with Crippen molar-refractivity contribution >= 4 is 49.2 Å². The molecule has 0 bridgehead atoms. The smallest absolute Gasteiger partial charge is 0.265 e. The maximum Gasteiger partial charge on any atom is 0.265 e. The second-order valence-corrected chi connectivity index (χ2v) is 9.30. The van der Waals surface area contributed by atoms with Crippen molar-refractivity contribution in [3.63, 3.8) is 0 Å². The Labute approximate surface area is 180 Å². The second kappa shape index (κ2) is 7.96. The summed E-state index contributed by atoms with van der Waals surface area (Å²) in [6.07, 6.45) is 0.372. The first-order chi connectivity index (χ1) is 14.7. The summed E-state index contributed by atoms with van der Waals surface area (Å²) < 4.78 is 36.0. The molecule has 4 rings (SSSR count). The average molecular weight is 439 g/mol. The van der Waals surface area contributed by atoms with Gasteiger partial charge in [0.25, 0.3) is 5.91 Å². The van der Waals surface area contributed by atoms with E-state index in [0.717, 1.165) is 22.6 Å². The number of sulfonamides is 1. The fraction of sp³-hybridized carbons (Fsp3) is 0.174. The first-order valence-corrected chi connectivity index (χ1v) is 11.5. The minimum atomic E-state index is -3.34. The molecule has 1 amide bonds. The molecule has 31 heavy (non-hydrogen) atoms. The normalized spacial score (nSPS) is 12.6. The molecule has 0 saturated carbocycles. The van der Waals surface area contributed by atoms with E-state index in [-0.39, 0.29) is 5.91 Å². The lowest BCUT2D eigenvalue weighted by atomic mass is 10.1. The van der Waals surface area contributed by atoms with E-state index in [1.54, 1.807) is 37.3 Å². The molecule has 8 heteroatoms. The predicted molar refractivity (Wildman–Crippen MR) is 122 cm³/mol. The van der Waals surface area contributed by atoms with Gasteiger partial charge in [0.2, 0.25) is 10.0 Å². The number of carbonyl (C=O) groups is 1. The lowest BCUT2D eigenvalue weighted by Gasteiger charge is -2.18. The molecule has 1 N–H and O–H groups in total. The van der Waals surface area contributed by atoms with Crippen LogP contribution in [0.4, 0.5) is 11.4 Å². The Bertz CT molecular complexity index is 1360. The number of benzene rings is 3. The van der Waals surface area contributed by atoms with Crippen LogP contribution in [0.2, 0.25) is 0 Å². The highest BCUT2D eigenvalue weighted by molar-refractivity contribution is 7.92. The van der Waals surface area contributed by atoms with E-state index in [4.69, 9.17) is 9.15 Å². The van der Waals surface area contributed by atoms with Gasteiger partial charge in [-0.25, -0.2) is 8.42 Å². The highest BCUT2D eigenvalue weighted by Crippen LogP contribution is 2.30. The van der Waals surface area contributed by atoms with E-state index in [9.17, 15) is 13.2 Å². The molecule has 0 saturated heterocycles. The van der Waals surface area contributed by atoms with Crippen molar-refractivity contribution < 1.29 is 22.4 Å². The molecular formula is C23H22N2O5S. The van der Waals surface area contributed by atoms with Crippen molar-refractivity contribution in [1.29, 1.82) is 0 Å². The van der Waals surface area contributed by atoms with Gasteiger partial charge in [0.1, 0.15) is 16.9 Å². The maximum atomic E-state index is 12.6. The molecule has 1 heterocycles. The molecule has 1 atom stereocenters. The zero-order valence-electron chi connectivity index (χ0n) is 17.3. The van der Waals surface area contributed by atoms with E-state index in [1.165, 1.54) is 11.4 Å². The number of carbonyl (C=O) groups excluding carboxylic acids is 1. The number of hydrogen-bond acceptors (Lipinski definition) is 5. The van der Waals surface area contributed by atoms with Crippen LogP contribution in [0.3, 0.4) is 0 Å². The first kappa shape index (κ1) is 20.7. The second-order valence-electron chi connectivity index (χ2n) is 7.28. The number of fused-ring (bicyclic) bond motifs is 3. The van der Waals surface area contributed by atoms with Gasteiger partial charge in [-0.1, -0.05) is 18.2 Å². The van der Waals surface area contributed by atoms with Gasteiger partial charge < -0.3 is 14.5 Å². The standard InChI is InChI=1S/C23H22N2O5S/c1-15(29-18-11-9-17(10-12-18)25(2)31(3,27)28)23(26)24-16-8-13-20-19-6-4-5-7-21(19)30-22(20)14-16/h4-15H,1-3H3,(H,24,26)/t15-/m1/s1. The van der Waals surface area contributed by atoms with Gasteiger partial charge >= 0.3 is 0 Å². The van der Waals surface area contributed by atoms with Crippen molar-refractivity contribution in [2.75, 3.05) is 22.9 Å². The molecule has 7 nitrogen and oxygen atoms in total. The number of anilines is 2. The number of nitrogens with one attached hydrogen (secondary N) is 1. The van der Waals surface area contributed by atoms with Crippen LogP contribution in [0.1, 0.15) is 6.92 Å². The van der Waals surface area contributed by atoms with Gasteiger partial charge in [-0.2, -0.15) is 0 Å². The summed E-state index contributed by atoms with van der Waals surface area (Å²) in [5.41, 5.74) is 2.60. The Hall–Kier alpha value is -3.52. The van der Waals surface area contributed by atoms with Crippen LogP contribution in [0.15, 0.2) is 71.1 Å². The van der Waals surface area contributed by atoms with Crippen molar-refractivity contribution in [2.45, 2.75) is 13.0 Å². The molecule has 0 aliphatic heterocycles. The highest BCUT2D eigenvalue weighted by atomic mass is 32.2. The lowest BCUT2D eigenvalue weighted by Crippen LogP contribution is -2.30. The summed E-state index contributed by atoms with van der Waals surface area (Å²) in [6, 6.07) is 19.8. The Balaban J connectivity index is 1.44. The molecular weight excluding hydrogens is 416 g/mol. The molecule has 1 aromatic heterocycles. The molecule has 4 aromatic rings. The van der Waals surface area contributed by atoms with Crippen LogP contribution < -0.4 is 14.4 Å². The first-order valence-electron chi connectivity index (χ1n) is 9.65. The van der Waals surface area contributed by atoms with E-state index in [0.29, 0.717) is 22.7 Å². The Morgan fingerprint density at radius 1 is 1.00 bits per heavy atom. The third kappa shape index (κ3) is 4.34. The summed E-state index contributed by atoms with van der Waals surface area (Å²) >= 11 is 0. The SMILES string of the molecule is C[C@@H](Oc1ccc(N(C)S(C)(=O)=O)cc1)C(=O)Nc1ccc2c(c1)oc1ccccc12. The predicted octanol–water partition coefficient (Wildman–Crippen LogP) is 4.39. The van der Waals surface area contributed by atoms with Gasteiger partial charge in [0.05, 0.1) is 11.9 Å². The quantitative estimate of drug-likeness (QED) is 0.482. The number of amides is 1. The fourth-order valence-corrected chi connectivity index (χ4v) is 3.74. The summed E-state index contributed by atoms with van der Waals surface area (Å²) in [5.74, 6) is 0.147. The molecule has 160 valence electrons. The summed E-state index contributed by atoms with van der Waals surface area (Å²) in [6.45, 7) is 1.64. The van der Waals surface area contributed by atoms with E-state index in [2.05, 4.69) is 5.32 Å². The van der Waals surface area contributed by atoms with Gasteiger partial charge in [-0.05, 0) is 49.4 Å². The van der Waals surface area contributed by atoms with E-state index >= 15 is 0 Å². The van der Waals surface area contributed by atoms with Crippen LogP contribution in [-0.4, -0.2) is 33.7 Å². The molecule has 3 aromatic carbocycles. The number of nitrogens with zero attached hydrogens (tertiary/aromatic N) is 1. The Morgan fingerprint density at radius 2 is 1.68 bits per heavy atom. The highest BCUT2D eigenvalue weighted by Gasteiger charge is 2.17. The molecule has 0 fully saturated rings. The number of para-hydroxylation sites is 1. The van der Waals surface area contributed by atoms with Crippen LogP contribution in [0, 0.1) is 0 Å². The number of furan rings is 1.